The largest absolute Gasteiger partial charge is 0.405 e. The Hall–Kier alpha value is -1.46. The molecule has 142 valence electrons. The third kappa shape index (κ3) is 4.63. The molecule has 0 saturated heterocycles. The molecule has 2 N–H and O–H groups in total. The van der Waals surface area contributed by atoms with Crippen LogP contribution in [0.15, 0.2) is 60.7 Å². The Morgan fingerprint density at radius 2 is 1.35 bits per heavy atom. The summed E-state index contributed by atoms with van der Waals surface area (Å²) in [5.41, 5.74) is 0. The quantitative estimate of drug-likeness (QED) is 0.700. The lowest BCUT2D eigenvalue weighted by Crippen LogP contribution is -2.67. The van der Waals surface area contributed by atoms with E-state index >= 15 is 0 Å². The van der Waals surface area contributed by atoms with Crippen LogP contribution in [0.2, 0.25) is 5.04 Å². The van der Waals surface area contributed by atoms with Gasteiger partial charge in [-0.25, -0.2) is 0 Å². The molecule has 26 heavy (non-hydrogen) atoms. The summed E-state index contributed by atoms with van der Waals surface area (Å²) in [6.45, 7) is 8.65. The van der Waals surface area contributed by atoms with Gasteiger partial charge in [0.05, 0.1) is 12.7 Å². The standard InChI is InChI=1S/C22H32O3Si/c1-18(15-16-19(24)17-23)25-26(22(2,3)4,20-11-7-5-8-12-20)21-13-9-6-10-14-21/h5-14,18-19,23-24H,15-17H2,1-4H3/t18-,19+/m1/s1. The molecule has 0 aliphatic rings. The summed E-state index contributed by atoms with van der Waals surface area (Å²) in [4.78, 5) is 0. The van der Waals surface area contributed by atoms with Crippen molar-refractivity contribution in [2.24, 2.45) is 0 Å². The Kier molecular flexibility index (Phi) is 7.18. The zero-order valence-corrected chi connectivity index (χ0v) is 17.4. The molecule has 0 aromatic heterocycles. The van der Waals surface area contributed by atoms with Crippen molar-refractivity contribution in [1.82, 2.24) is 0 Å². The zero-order chi connectivity index (χ0) is 19.2. The molecule has 0 heterocycles. The first-order valence-corrected chi connectivity index (χ1v) is 11.3. The van der Waals surface area contributed by atoms with Gasteiger partial charge in [-0.15, -0.1) is 0 Å². The average molecular weight is 373 g/mol. The molecule has 0 radical (unpaired) electrons. The molecule has 0 spiro atoms. The number of aliphatic hydroxyl groups is 2. The van der Waals surface area contributed by atoms with E-state index in [0.29, 0.717) is 12.8 Å². The van der Waals surface area contributed by atoms with Gasteiger partial charge in [0.1, 0.15) is 0 Å². The molecular formula is C22H32O3Si. The second kappa shape index (κ2) is 8.96. The van der Waals surface area contributed by atoms with Gasteiger partial charge in [0.15, 0.2) is 0 Å². The second-order valence-electron chi connectivity index (χ2n) is 8.01. The minimum Gasteiger partial charge on any atom is -0.405 e. The zero-order valence-electron chi connectivity index (χ0n) is 16.4. The van der Waals surface area contributed by atoms with Gasteiger partial charge in [-0.2, -0.15) is 0 Å². The lowest BCUT2D eigenvalue weighted by atomic mass is 10.1. The number of hydrogen-bond donors (Lipinski definition) is 2. The van der Waals surface area contributed by atoms with E-state index in [1.165, 1.54) is 10.4 Å². The Bertz CT molecular complexity index is 613. The van der Waals surface area contributed by atoms with Crippen LogP contribution in [-0.4, -0.2) is 37.3 Å². The molecule has 0 amide bonds. The summed E-state index contributed by atoms with van der Waals surface area (Å²) >= 11 is 0. The van der Waals surface area contributed by atoms with E-state index in [-0.39, 0.29) is 17.7 Å². The van der Waals surface area contributed by atoms with E-state index in [1.807, 2.05) is 12.1 Å². The Balaban J connectivity index is 2.47. The topological polar surface area (TPSA) is 49.7 Å². The maximum absolute atomic E-state index is 9.70. The normalized spacial score (nSPS) is 14.8. The van der Waals surface area contributed by atoms with Crippen LogP contribution >= 0.6 is 0 Å². The smallest absolute Gasteiger partial charge is 0.261 e. The molecule has 0 unspecified atom stereocenters. The van der Waals surface area contributed by atoms with Gasteiger partial charge in [-0.05, 0) is 35.2 Å². The number of aliphatic hydroxyl groups excluding tert-OH is 2. The lowest BCUT2D eigenvalue weighted by molar-refractivity contribution is 0.0739. The molecule has 0 aliphatic heterocycles. The van der Waals surface area contributed by atoms with Crippen LogP contribution in [0.25, 0.3) is 0 Å². The average Bonchev–Trinajstić information content (AvgIpc) is 2.64. The van der Waals surface area contributed by atoms with E-state index in [0.717, 1.165) is 0 Å². The minimum atomic E-state index is -2.54. The molecular weight excluding hydrogens is 340 g/mol. The molecule has 2 atom stereocenters. The van der Waals surface area contributed by atoms with Crippen LogP contribution in [0.5, 0.6) is 0 Å². The van der Waals surface area contributed by atoms with Crippen LogP contribution in [0.3, 0.4) is 0 Å². The first-order valence-electron chi connectivity index (χ1n) is 9.39. The van der Waals surface area contributed by atoms with Crippen molar-refractivity contribution in [1.29, 1.82) is 0 Å². The van der Waals surface area contributed by atoms with E-state index < -0.39 is 14.4 Å². The fourth-order valence-electron chi connectivity index (χ4n) is 3.57. The van der Waals surface area contributed by atoms with E-state index in [4.69, 9.17) is 9.53 Å². The molecule has 4 heteroatoms. The van der Waals surface area contributed by atoms with Crippen LogP contribution in [-0.2, 0) is 4.43 Å². The highest BCUT2D eigenvalue weighted by atomic mass is 28.4. The van der Waals surface area contributed by atoms with Crippen molar-refractivity contribution in [3.05, 3.63) is 60.7 Å². The fraction of sp³-hybridized carbons (Fsp3) is 0.455. The number of hydrogen-bond acceptors (Lipinski definition) is 3. The van der Waals surface area contributed by atoms with Gasteiger partial charge in [0.25, 0.3) is 8.32 Å². The summed E-state index contributed by atoms with van der Waals surface area (Å²) in [7, 11) is -2.54. The molecule has 2 aromatic carbocycles. The maximum Gasteiger partial charge on any atom is 0.261 e. The van der Waals surface area contributed by atoms with Crippen molar-refractivity contribution in [2.45, 2.75) is 57.8 Å². The summed E-state index contributed by atoms with van der Waals surface area (Å²) in [6, 6.07) is 21.1. The van der Waals surface area contributed by atoms with Crippen LogP contribution in [0, 0.1) is 0 Å². The highest BCUT2D eigenvalue weighted by Crippen LogP contribution is 2.37. The Morgan fingerprint density at radius 1 is 0.885 bits per heavy atom. The van der Waals surface area contributed by atoms with Crippen molar-refractivity contribution in [2.75, 3.05) is 6.61 Å². The molecule has 2 aromatic rings. The minimum absolute atomic E-state index is 0.0116. The van der Waals surface area contributed by atoms with Gasteiger partial charge >= 0.3 is 0 Å². The van der Waals surface area contributed by atoms with Gasteiger partial charge < -0.3 is 14.6 Å². The molecule has 0 saturated carbocycles. The maximum atomic E-state index is 9.70. The number of rotatable bonds is 8. The molecule has 3 nitrogen and oxygen atoms in total. The molecule has 0 bridgehead atoms. The van der Waals surface area contributed by atoms with Crippen molar-refractivity contribution in [3.63, 3.8) is 0 Å². The first kappa shape index (κ1) is 20.8. The van der Waals surface area contributed by atoms with Gasteiger partial charge in [0.2, 0.25) is 0 Å². The third-order valence-electron chi connectivity index (χ3n) is 4.91. The second-order valence-corrected chi connectivity index (χ2v) is 12.3. The van der Waals surface area contributed by atoms with Gasteiger partial charge in [0, 0.05) is 6.10 Å². The summed E-state index contributed by atoms with van der Waals surface area (Å²) in [6.07, 6.45) is 0.560. The molecule has 0 fully saturated rings. The molecule has 0 aliphatic carbocycles. The highest BCUT2D eigenvalue weighted by molar-refractivity contribution is 6.99. The van der Waals surface area contributed by atoms with Gasteiger partial charge in [-0.3, -0.25) is 0 Å². The predicted octanol–water partition coefficient (Wildman–Crippen LogP) is 3.08. The van der Waals surface area contributed by atoms with Crippen LogP contribution in [0.1, 0.15) is 40.5 Å². The van der Waals surface area contributed by atoms with Crippen molar-refractivity contribution >= 4 is 18.7 Å². The van der Waals surface area contributed by atoms with E-state index in [2.05, 4.69) is 76.2 Å². The Morgan fingerprint density at radius 3 is 1.73 bits per heavy atom. The SMILES string of the molecule is C[C@H](CC[C@H](O)CO)O[Si](c1ccccc1)(c1ccccc1)C(C)(C)C. The monoisotopic (exact) mass is 372 g/mol. The first-order chi connectivity index (χ1) is 12.3. The number of benzene rings is 2. The summed E-state index contributed by atoms with van der Waals surface area (Å²) < 4.78 is 6.92. The van der Waals surface area contributed by atoms with E-state index in [9.17, 15) is 5.11 Å². The third-order valence-corrected chi connectivity index (χ3v) is 10.1. The lowest BCUT2D eigenvalue weighted by Gasteiger charge is -2.44. The van der Waals surface area contributed by atoms with E-state index in [1.54, 1.807) is 0 Å². The predicted molar refractivity (Wildman–Crippen MR) is 110 cm³/mol. The summed E-state index contributed by atoms with van der Waals surface area (Å²) in [5, 5.41) is 21.2. The summed E-state index contributed by atoms with van der Waals surface area (Å²) in [5.74, 6) is 0. The Labute approximate surface area is 158 Å². The van der Waals surface area contributed by atoms with Crippen LogP contribution in [0.4, 0.5) is 0 Å². The van der Waals surface area contributed by atoms with Crippen molar-refractivity contribution in [3.8, 4) is 0 Å². The van der Waals surface area contributed by atoms with Crippen LogP contribution < -0.4 is 10.4 Å². The van der Waals surface area contributed by atoms with Crippen molar-refractivity contribution < 1.29 is 14.6 Å². The highest BCUT2D eigenvalue weighted by Gasteiger charge is 2.50. The molecule has 2 rings (SSSR count). The fourth-order valence-corrected chi connectivity index (χ4v) is 8.31. The van der Waals surface area contributed by atoms with Gasteiger partial charge in [-0.1, -0.05) is 81.4 Å².